The van der Waals surface area contributed by atoms with Gasteiger partial charge in [-0.1, -0.05) is 36.4 Å². The van der Waals surface area contributed by atoms with E-state index in [0.717, 1.165) is 20.8 Å². The van der Waals surface area contributed by atoms with Gasteiger partial charge in [0.2, 0.25) is 0 Å². The molecule has 0 N–H and O–H groups in total. The molecule has 0 amide bonds. The Balaban J connectivity index is 2.23. The van der Waals surface area contributed by atoms with Gasteiger partial charge in [0.1, 0.15) is 5.01 Å². The fraction of sp³-hybridized carbons (Fsp3) is 0. The molecule has 0 spiro atoms. The molecule has 2 aromatic carbocycles. The number of para-hydroxylation sites is 1. The predicted octanol–water partition coefficient (Wildman–Crippen LogP) is 3.65. The highest BCUT2D eigenvalue weighted by atomic mass is 32.1. The average molecular weight is 270 g/mol. The number of fused-ring (bicyclic) bond motifs is 1. The van der Waals surface area contributed by atoms with E-state index < -0.39 is 0 Å². The summed E-state index contributed by atoms with van der Waals surface area (Å²) in [5, 5.41) is 0.495. The van der Waals surface area contributed by atoms with Crippen LogP contribution in [0.25, 0.3) is 20.8 Å². The number of carbonyl (C=O) groups is 1. The summed E-state index contributed by atoms with van der Waals surface area (Å²) < 4.78 is 1.11. The number of hydrogen-bond acceptors (Lipinski definition) is 4. The van der Waals surface area contributed by atoms with Gasteiger partial charge in [-0.25, -0.2) is 4.98 Å². The monoisotopic (exact) mass is 270 g/mol. The number of rotatable bonds is 2. The van der Waals surface area contributed by atoms with Gasteiger partial charge in [0.05, 0.1) is 10.2 Å². The highest BCUT2D eigenvalue weighted by Gasteiger charge is 2.09. The van der Waals surface area contributed by atoms with Crippen LogP contribution in [0, 0.1) is 0 Å². The van der Waals surface area contributed by atoms with E-state index in [1.54, 1.807) is 17.4 Å². The SMILES string of the molecule is O=C([S-])c1ccccc1-c1nc2ccccc2s1. The van der Waals surface area contributed by atoms with Gasteiger partial charge < -0.3 is 17.4 Å². The molecule has 2 nitrogen and oxygen atoms in total. The third kappa shape index (κ3) is 1.89. The number of benzene rings is 2. The lowest BCUT2D eigenvalue weighted by Crippen LogP contribution is -1.95. The quantitative estimate of drug-likeness (QED) is 0.666. The van der Waals surface area contributed by atoms with E-state index in [9.17, 15) is 4.79 Å². The molecular formula is C14H8NOS2-. The molecule has 0 saturated heterocycles. The molecule has 0 saturated carbocycles. The first-order chi connectivity index (χ1) is 8.75. The Labute approximate surface area is 114 Å². The fourth-order valence-electron chi connectivity index (χ4n) is 1.84. The summed E-state index contributed by atoms with van der Waals surface area (Å²) in [6, 6.07) is 15.3. The number of hydrogen-bond donors (Lipinski definition) is 0. The zero-order chi connectivity index (χ0) is 12.5. The third-order valence-corrected chi connectivity index (χ3v) is 3.96. The number of thiazole rings is 1. The topological polar surface area (TPSA) is 30.0 Å². The second-order valence-corrected chi connectivity index (χ2v) is 5.22. The van der Waals surface area contributed by atoms with Gasteiger partial charge in [0.15, 0.2) is 0 Å². The van der Waals surface area contributed by atoms with Crippen LogP contribution in [-0.2, 0) is 12.6 Å². The van der Waals surface area contributed by atoms with Gasteiger partial charge in [-0.3, -0.25) is 0 Å². The largest absolute Gasteiger partial charge is 0.737 e. The number of carbonyl (C=O) groups excluding carboxylic acids is 1. The maximum Gasteiger partial charge on any atom is 0.125 e. The lowest BCUT2D eigenvalue weighted by atomic mass is 10.1. The fourth-order valence-corrected chi connectivity index (χ4v) is 3.02. The minimum absolute atomic E-state index is 0.343. The summed E-state index contributed by atoms with van der Waals surface area (Å²) in [4.78, 5) is 16.0. The highest BCUT2D eigenvalue weighted by molar-refractivity contribution is 7.77. The third-order valence-electron chi connectivity index (χ3n) is 2.67. The first-order valence-electron chi connectivity index (χ1n) is 5.42. The summed E-state index contributed by atoms with van der Waals surface area (Å²) in [6.07, 6.45) is 0. The van der Waals surface area contributed by atoms with E-state index in [1.165, 1.54) is 0 Å². The molecule has 0 fully saturated rings. The normalized spacial score (nSPS) is 10.7. The zero-order valence-corrected chi connectivity index (χ0v) is 10.9. The Kier molecular flexibility index (Phi) is 2.81. The molecule has 3 aromatic rings. The van der Waals surface area contributed by atoms with Crippen LogP contribution in [0.4, 0.5) is 0 Å². The van der Waals surface area contributed by atoms with Crippen LogP contribution in [0.15, 0.2) is 48.5 Å². The van der Waals surface area contributed by atoms with E-state index >= 15 is 0 Å². The molecule has 4 heteroatoms. The molecule has 0 aliphatic rings. The van der Waals surface area contributed by atoms with Crippen LogP contribution in [0.5, 0.6) is 0 Å². The van der Waals surface area contributed by atoms with Crippen molar-refractivity contribution in [1.29, 1.82) is 0 Å². The lowest BCUT2D eigenvalue weighted by Gasteiger charge is -2.08. The minimum Gasteiger partial charge on any atom is -0.737 e. The Morgan fingerprint density at radius 1 is 1.06 bits per heavy atom. The molecule has 1 aromatic heterocycles. The summed E-state index contributed by atoms with van der Waals surface area (Å²) in [7, 11) is 0. The molecule has 0 aliphatic heterocycles. The van der Waals surface area contributed by atoms with Crippen molar-refractivity contribution >= 4 is 39.3 Å². The number of aromatic nitrogens is 1. The van der Waals surface area contributed by atoms with Crippen molar-refractivity contribution in [2.75, 3.05) is 0 Å². The Morgan fingerprint density at radius 3 is 2.56 bits per heavy atom. The minimum atomic E-state index is -0.343. The standard InChI is InChI=1S/C14H9NOS2/c16-14(17)10-6-2-1-5-9(10)13-15-11-7-3-4-8-12(11)18-13/h1-8H,(H,16,17)/p-1. The molecule has 3 rings (SSSR count). The van der Waals surface area contributed by atoms with Crippen molar-refractivity contribution in [3.63, 3.8) is 0 Å². The van der Waals surface area contributed by atoms with Crippen molar-refractivity contribution in [3.8, 4) is 10.6 Å². The van der Waals surface area contributed by atoms with Crippen molar-refractivity contribution in [1.82, 2.24) is 4.98 Å². The second-order valence-electron chi connectivity index (χ2n) is 3.82. The van der Waals surface area contributed by atoms with E-state index in [2.05, 4.69) is 4.98 Å². The molecule has 18 heavy (non-hydrogen) atoms. The Morgan fingerprint density at radius 2 is 1.78 bits per heavy atom. The zero-order valence-electron chi connectivity index (χ0n) is 9.29. The van der Waals surface area contributed by atoms with Gasteiger partial charge in [0.25, 0.3) is 0 Å². The van der Waals surface area contributed by atoms with E-state index in [1.807, 2.05) is 42.5 Å². The van der Waals surface area contributed by atoms with E-state index in [4.69, 9.17) is 12.6 Å². The van der Waals surface area contributed by atoms with Crippen molar-refractivity contribution < 1.29 is 4.79 Å². The van der Waals surface area contributed by atoms with Crippen LogP contribution < -0.4 is 0 Å². The smallest absolute Gasteiger partial charge is 0.125 e. The van der Waals surface area contributed by atoms with E-state index in [0.29, 0.717) is 5.56 Å². The van der Waals surface area contributed by atoms with Crippen LogP contribution in [-0.4, -0.2) is 10.1 Å². The summed E-state index contributed by atoms with van der Waals surface area (Å²) in [5.74, 6) is 0. The predicted molar refractivity (Wildman–Crippen MR) is 76.8 cm³/mol. The summed E-state index contributed by atoms with van der Waals surface area (Å²) in [5.41, 5.74) is 2.31. The van der Waals surface area contributed by atoms with Gasteiger partial charge in [0, 0.05) is 16.2 Å². The van der Waals surface area contributed by atoms with Crippen molar-refractivity contribution in [3.05, 3.63) is 54.1 Å². The van der Waals surface area contributed by atoms with Crippen LogP contribution in [0.2, 0.25) is 0 Å². The van der Waals surface area contributed by atoms with Gasteiger partial charge in [-0.2, -0.15) is 0 Å². The van der Waals surface area contributed by atoms with Gasteiger partial charge in [-0.15, -0.1) is 11.3 Å². The second kappa shape index (κ2) is 4.48. The number of nitrogens with zero attached hydrogens (tertiary/aromatic N) is 1. The molecule has 1 heterocycles. The molecule has 0 unspecified atom stereocenters. The Hall–Kier alpha value is -1.78. The van der Waals surface area contributed by atoms with Crippen LogP contribution in [0.3, 0.4) is 0 Å². The van der Waals surface area contributed by atoms with Gasteiger partial charge in [-0.05, 0) is 12.1 Å². The molecule has 88 valence electrons. The molecule has 0 atom stereocenters. The van der Waals surface area contributed by atoms with E-state index in [-0.39, 0.29) is 5.12 Å². The maximum atomic E-state index is 11.4. The van der Waals surface area contributed by atoms with Crippen LogP contribution >= 0.6 is 11.3 Å². The lowest BCUT2D eigenvalue weighted by molar-refractivity contribution is 0.109. The van der Waals surface area contributed by atoms with Crippen molar-refractivity contribution in [2.24, 2.45) is 0 Å². The highest BCUT2D eigenvalue weighted by Crippen LogP contribution is 2.31. The van der Waals surface area contributed by atoms with Gasteiger partial charge >= 0.3 is 0 Å². The Bertz CT molecular complexity index is 700. The molecular weight excluding hydrogens is 262 g/mol. The average Bonchev–Trinajstić information content (AvgIpc) is 2.82. The maximum absolute atomic E-state index is 11.4. The van der Waals surface area contributed by atoms with Crippen LogP contribution in [0.1, 0.15) is 10.4 Å². The summed E-state index contributed by atoms with van der Waals surface area (Å²) in [6.45, 7) is 0. The van der Waals surface area contributed by atoms with Crippen molar-refractivity contribution in [2.45, 2.75) is 0 Å². The molecule has 0 aliphatic carbocycles. The first-order valence-corrected chi connectivity index (χ1v) is 6.64. The molecule has 0 radical (unpaired) electrons. The first kappa shape index (κ1) is 11.3. The molecule has 0 bridgehead atoms. The summed E-state index contributed by atoms with van der Waals surface area (Å²) >= 11 is 6.32.